The monoisotopic (exact) mass is 172 g/mol. The van der Waals surface area contributed by atoms with Crippen LogP contribution in [-0.2, 0) is 4.74 Å². The van der Waals surface area contributed by atoms with E-state index in [0.717, 1.165) is 6.42 Å². The Kier molecular flexibility index (Phi) is 3.13. The fourth-order valence-corrected chi connectivity index (χ4v) is 1.75. The Hall–Kier alpha value is -0.0800. The summed E-state index contributed by atoms with van der Waals surface area (Å²) in [7, 11) is 0. The summed E-state index contributed by atoms with van der Waals surface area (Å²) in [5.74, 6) is 0.937. The molecule has 0 spiro atoms. The second-order valence-electron chi connectivity index (χ2n) is 4.43. The average molecular weight is 172 g/mol. The largest absolute Gasteiger partial charge is 0.390 e. The van der Waals surface area contributed by atoms with E-state index in [1.807, 2.05) is 0 Å². The van der Waals surface area contributed by atoms with E-state index in [1.165, 1.54) is 0 Å². The summed E-state index contributed by atoms with van der Waals surface area (Å²) in [5.41, 5.74) is 0. The van der Waals surface area contributed by atoms with Crippen LogP contribution in [0, 0.1) is 11.8 Å². The second kappa shape index (κ2) is 3.75. The summed E-state index contributed by atoms with van der Waals surface area (Å²) in [6, 6.07) is 0. The maximum absolute atomic E-state index is 9.65. The minimum Gasteiger partial charge on any atom is -0.390 e. The van der Waals surface area contributed by atoms with Gasteiger partial charge in [0.25, 0.3) is 0 Å². The van der Waals surface area contributed by atoms with Crippen LogP contribution in [0.25, 0.3) is 0 Å². The van der Waals surface area contributed by atoms with Gasteiger partial charge in [0.05, 0.1) is 18.3 Å². The van der Waals surface area contributed by atoms with Gasteiger partial charge in [-0.15, -0.1) is 0 Å². The highest BCUT2D eigenvalue weighted by Gasteiger charge is 2.36. The van der Waals surface area contributed by atoms with Crippen LogP contribution in [0.1, 0.15) is 34.1 Å². The Morgan fingerprint density at radius 1 is 1.17 bits per heavy atom. The minimum absolute atomic E-state index is 0.0531. The zero-order valence-corrected chi connectivity index (χ0v) is 8.45. The van der Waals surface area contributed by atoms with Gasteiger partial charge >= 0.3 is 0 Å². The van der Waals surface area contributed by atoms with Crippen molar-refractivity contribution in [2.24, 2.45) is 11.8 Å². The summed E-state index contributed by atoms with van der Waals surface area (Å²) < 4.78 is 5.75. The molecule has 1 aliphatic rings. The van der Waals surface area contributed by atoms with Crippen LogP contribution in [0.3, 0.4) is 0 Å². The molecule has 72 valence electrons. The normalized spacial score (nSPS) is 36.8. The van der Waals surface area contributed by atoms with Gasteiger partial charge in [0, 0.05) is 6.42 Å². The number of hydrogen-bond acceptors (Lipinski definition) is 2. The number of rotatable bonds is 2. The Morgan fingerprint density at radius 3 is 2.00 bits per heavy atom. The summed E-state index contributed by atoms with van der Waals surface area (Å²) in [5, 5.41) is 9.65. The molecule has 0 unspecified atom stereocenters. The fourth-order valence-electron chi connectivity index (χ4n) is 1.75. The van der Waals surface area contributed by atoms with Gasteiger partial charge in [0.1, 0.15) is 0 Å². The van der Waals surface area contributed by atoms with Crippen LogP contribution in [0.4, 0.5) is 0 Å². The lowest BCUT2D eigenvalue weighted by Crippen LogP contribution is -2.26. The molecule has 0 radical (unpaired) electrons. The van der Waals surface area contributed by atoms with E-state index >= 15 is 0 Å². The van der Waals surface area contributed by atoms with E-state index in [-0.39, 0.29) is 18.3 Å². The Morgan fingerprint density at radius 2 is 1.75 bits per heavy atom. The van der Waals surface area contributed by atoms with E-state index < -0.39 is 0 Å². The molecule has 1 heterocycles. The molecule has 0 aliphatic carbocycles. The molecule has 0 bridgehead atoms. The van der Waals surface area contributed by atoms with Gasteiger partial charge in [-0.3, -0.25) is 0 Å². The van der Waals surface area contributed by atoms with Gasteiger partial charge in [0.15, 0.2) is 0 Å². The molecule has 1 fully saturated rings. The molecule has 0 aromatic heterocycles. The summed E-state index contributed by atoms with van der Waals surface area (Å²) in [4.78, 5) is 0. The molecule has 0 saturated carbocycles. The van der Waals surface area contributed by atoms with E-state index in [0.29, 0.717) is 11.8 Å². The van der Waals surface area contributed by atoms with Crippen molar-refractivity contribution in [1.29, 1.82) is 0 Å². The first-order valence-corrected chi connectivity index (χ1v) is 4.86. The third-order valence-corrected chi connectivity index (χ3v) is 2.59. The Bertz CT molecular complexity index is 143. The van der Waals surface area contributed by atoms with Crippen molar-refractivity contribution in [3.63, 3.8) is 0 Å². The van der Waals surface area contributed by atoms with Gasteiger partial charge in [-0.05, 0) is 11.8 Å². The maximum Gasteiger partial charge on any atom is 0.0861 e. The van der Waals surface area contributed by atoms with Crippen LogP contribution >= 0.6 is 0 Å². The SMILES string of the molecule is CC(C)[C@@H]1C[C@@H](O)[C@H](C(C)C)O1. The zero-order chi connectivity index (χ0) is 9.30. The number of aliphatic hydroxyl groups is 1. The van der Waals surface area contributed by atoms with Crippen LogP contribution in [0.5, 0.6) is 0 Å². The van der Waals surface area contributed by atoms with Crippen molar-refractivity contribution in [2.45, 2.75) is 52.4 Å². The topological polar surface area (TPSA) is 29.5 Å². The van der Waals surface area contributed by atoms with Gasteiger partial charge < -0.3 is 9.84 Å². The molecule has 1 saturated heterocycles. The minimum atomic E-state index is -0.252. The van der Waals surface area contributed by atoms with Crippen molar-refractivity contribution in [1.82, 2.24) is 0 Å². The summed E-state index contributed by atoms with van der Waals surface area (Å²) >= 11 is 0. The van der Waals surface area contributed by atoms with E-state index in [2.05, 4.69) is 27.7 Å². The van der Waals surface area contributed by atoms with Crippen LogP contribution in [0.15, 0.2) is 0 Å². The Balaban J connectivity index is 2.50. The number of aliphatic hydroxyl groups excluding tert-OH is 1. The standard InChI is InChI=1S/C10H20O2/c1-6(2)9-5-8(11)10(12-9)7(3)4/h6-11H,5H2,1-4H3/t8-,9+,10+/m1/s1. The van der Waals surface area contributed by atoms with Crippen LogP contribution < -0.4 is 0 Å². The first-order valence-electron chi connectivity index (χ1n) is 4.86. The second-order valence-corrected chi connectivity index (χ2v) is 4.43. The van der Waals surface area contributed by atoms with Gasteiger partial charge in [-0.2, -0.15) is 0 Å². The summed E-state index contributed by atoms with van der Waals surface area (Å²) in [6.07, 6.45) is 0.864. The lowest BCUT2D eigenvalue weighted by Gasteiger charge is -2.19. The quantitative estimate of drug-likeness (QED) is 0.688. The molecular formula is C10H20O2. The molecule has 0 amide bonds. The highest BCUT2D eigenvalue weighted by Crippen LogP contribution is 2.29. The molecule has 1 N–H and O–H groups in total. The zero-order valence-electron chi connectivity index (χ0n) is 8.45. The van der Waals surface area contributed by atoms with E-state index in [1.54, 1.807) is 0 Å². The van der Waals surface area contributed by atoms with Crippen LogP contribution in [-0.4, -0.2) is 23.4 Å². The fraction of sp³-hybridized carbons (Fsp3) is 1.00. The van der Waals surface area contributed by atoms with E-state index in [9.17, 15) is 5.11 Å². The van der Waals surface area contributed by atoms with Crippen molar-refractivity contribution in [2.75, 3.05) is 0 Å². The first-order chi connectivity index (χ1) is 5.52. The predicted octanol–water partition coefficient (Wildman–Crippen LogP) is 1.82. The van der Waals surface area contributed by atoms with Crippen molar-refractivity contribution >= 4 is 0 Å². The van der Waals surface area contributed by atoms with Gasteiger partial charge in [-0.1, -0.05) is 27.7 Å². The molecular weight excluding hydrogens is 152 g/mol. The predicted molar refractivity (Wildman–Crippen MR) is 49.0 cm³/mol. The molecule has 0 aromatic rings. The first kappa shape index (κ1) is 10.0. The van der Waals surface area contributed by atoms with Crippen molar-refractivity contribution in [3.8, 4) is 0 Å². The Labute approximate surface area is 74.9 Å². The highest BCUT2D eigenvalue weighted by molar-refractivity contribution is 4.85. The molecule has 3 atom stereocenters. The third kappa shape index (κ3) is 1.99. The van der Waals surface area contributed by atoms with Crippen molar-refractivity contribution in [3.05, 3.63) is 0 Å². The van der Waals surface area contributed by atoms with Gasteiger partial charge in [0.2, 0.25) is 0 Å². The smallest absolute Gasteiger partial charge is 0.0861 e. The lowest BCUT2D eigenvalue weighted by molar-refractivity contribution is -0.0297. The molecule has 0 aromatic carbocycles. The average Bonchev–Trinajstić information content (AvgIpc) is 2.30. The number of hydrogen-bond donors (Lipinski definition) is 1. The molecule has 12 heavy (non-hydrogen) atoms. The number of ether oxygens (including phenoxy) is 1. The summed E-state index contributed by atoms with van der Waals surface area (Å²) in [6.45, 7) is 8.47. The van der Waals surface area contributed by atoms with Crippen molar-refractivity contribution < 1.29 is 9.84 Å². The molecule has 2 nitrogen and oxygen atoms in total. The van der Waals surface area contributed by atoms with Gasteiger partial charge in [-0.25, -0.2) is 0 Å². The third-order valence-electron chi connectivity index (χ3n) is 2.59. The molecule has 1 rings (SSSR count). The highest BCUT2D eigenvalue weighted by atomic mass is 16.5. The maximum atomic E-state index is 9.65. The van der Waals surface area contributed by atoms with Crippen LogP contribution in [0.2, 0.25) is 0 Å². The van der Waals surface area contributed by atoms with E-state index in [4.69, 9.17) is 4.74 Å². The molecule has 1 aliphatic heterocycles. The lowest BCUT2D eigenvalue weighted by atomic mass is 9.99. The molecule has 2 heteroatoms.